The van der Waals surface area contributed by atoms with Crippen LogP contribution in [0, 0.1) is 23.7 Å². The van der Waals surface area contributed by atoms with Gasteiger partial charge in [-0.15, -0.1) is 0 Å². The van der Waals surface area contributed by atoms with Crippen molar-refractivity contribution in [2.24, 2.45) is 23.7 Å². The van der Waals surface area contributed by atoms with E-state index in [-0.39, 0.29) is 17.7 Å². The first-order valence-corrected chi connectivity index (χ1v) is 8.45. The largest absolute Gasteiger partial charge is 0.481 e. The van der Waals surface area contributed by atoms with Crippen LogP contribution in [0.4, 0.5) is 0 Å². The van der Waals surface area contributed by atoms with Gasteiger partial charge in [0.1, 0.15) is 0 Å². The van der Waals surface area contributed by atoms with E-state index in [1.165, 1.54) is 0 Å². The van der Waals surface area contributed by atoms with Crippen molar-refractivity contribution >= 4 is 11.9 Å². The van der Waals surface area contributed by atoms with E-state index >= 15 is 0 Å². The monoisotopic (exact) mass is 329 g/mol. The van der Waals surface area contributed by atoms with Gasteiger partial charge in [0.25, 0.3) is 0 Å². The lowest BCUT2D eigenvalue weighted by atomic mass is 9.82. The van der Waals surface area contributed by atoms with Crippen LogP contribution >= 0.6 is 0 Å². The normalized spacial score (nSPS) is 27.4. The minimum Gasteiger partial charge on any atom is -0.481 e. The van der Waals surface area contributed by atoms with Crippen LogP contribution in [0.15, 0.2) is 36.4 Å². The number of hydrogen-bond acceptors (Lipinski definition) is 3. The first-order chi connectivity index (χ1) is 11.6. The highest BCUT2D eigenvalue weighted by Gasteiger charge is 2.51. The number of aliphatic carboxylic acids is 1. The van der Waals surface area contributed by atoms with Gasteiger partial charge < -0.3 is 15.2 Å². The van der Waals surface area contributed by atoms with Gasteiger partial charge in [0, 0.05) is 13.2 Å². The summed E-state index contributed by atoms with van der Waals surface area (Å²) in [6.45, 7) is 3.49. The summed E-state index contributed by atoms with van der Waals surface area (Å²) >= 11 is 0. The quantitative estimate of drug-likeness (QED) is 0.753. The fraction of sp³-hybridized carbons (Fsp3) is 0.474. The molecule has 2 N–H and O–H groups in total. The van der Waals surface area contributed by atoms with Gasteiger partial charge in [0.15, 0.2) is 0 Å². The van der Waals surface area contributed by atoms with Crippen LogP contribution < -0.4 is 5.32 Å². The van der Waals surface area contributed by atoms with Gasteiger partial charge in [-0.25, -0.2) is 0 Å². The average Bonchev–Trinajstić information content (AvgIpc) is 3.19. The zero-order valence-electron chi connectivity index (χ0n) is 13.8. The Labute approximate surface area is 141 Å². The van der Waals surface area contributed by atoms with Gasteiger partial charge in [-0.3, -0.25) is 9.59 Å². The number of carboxylic acids is 1. The summed E-state index contributed by atoms with van der Waals surface area (Å²) in [5, 5.41) is 12.4. The highest BCUT2D eigenvalue weighted by Crippen LogP contribution is 2.48. The van der Waals surface area contributed by atoms with E-state index < -0.39 is 17.8 Å². The third-order valence-electron chi connectivity index (χ3n) is 5.08. The Balaban J connectivity index is 1.66. The molecule has 5 nitrogen and oxygen atoms in total. The molecular formula is C19H23NO4. The lowest BCUT2D eigenvalue weighted by Crippen LogP contribution is -2.40. The van der Waals surface area contributed by atoms with Crippen LogP contribution in [0.2, 0.25) is 0 Å². The van der Waals surface area contributed by atoms with Crippen LogP contribution in [0.25, 0.3) is 0 Å². The smallest absolute Gasteiger partial charge is 0.307 e. The van der Waals surface area contributed by atoms with E-state index in [4.69, 9.17) is 4.74 Å². The zero-order chi connectivity index (χ0) is 17.1. The molecule has 0 radical (unpaired) electrons. The highest BCUT2D eigenvalue weighted by atomic mass is 16.5. The van der Waals surface area contributed by atoms with E-state index in [1.807, 2.05) is 43.3 Å². The second-order valence-corrected chi connectivity index (χ2v) is 6.46. The summed E-state index contributed by atoms with van der Waals surface area (Å²) in [7, 11) is 0. The van der Waals surface area contributed by atoms with E-state index in [1.54, 1.807) is 0 Å². The third-order valence-corrected chi connectivity index (χ3v) is 5.08. The van der Waals surface area contributed by atoms with Crippen LogP contribution in [0.3, 0.4) is 0 Å². The second-order valence-electron chi connectivity index (χ2n) is 6.46. The third kappa shape index (κ3) is 3.22. The summed E-state index contributed by atoms with van der Waals surface area (Å²) in [5.41, 5.74) is 2.05. The molecule has 2 bridgehead atoms. The van der Waals surface area contributed by atoms with Crippen molar-refractivity contribution in [1.29, 1.82) is 0 Å². The zero-order valence-corrected chi connectivity index (χ0v) is 13.8. The Morgan fingerprint density at radius 1 is 1.17 bits per heavy atom. The molecule has 1 aromatic rings. The molecule has 1 fully saturated rings. The molecule has 1 saturated carbocycles. The number of fused-ring (bicyclic) bond motifs is 2. The van der Waals surface area contributed by atoms with Crippen LogP contribution in [-0.4, -0.2) is 23.6 Å². The minimum atomic E-state index is -0.872. The van der Waals surface area contributed by atoms with Crippen molar-refractivity contribution in [2.75, 3.05) is 6.61 Å². The molecule has 2 aliphatic carbocycles. The molecule has 0 aromatic heterocycles. The summed E-state index contributed by atoms with van der Waals surface area (Å²) in [5.74, 6) is -2.05. The van der Waals surface area contributed by atoms with Crippen molar-refractivity contribution in [3.8, 4) is 0 Å². The lowest BCUT2D eigenvalue weighted by Gasteiger charge is -2.24. The summed E-state index contributed by atoms with van der Waals surface area (Å²) in [4.78, 5) is 24.1. The number of nitrogens with one attached hydrogen (secondary N) is 1. The number of amides is 1. The van der Waals surface area contributed by atoms with Gasteiger partial charge >= 0.3 is 5.97 Å². The molecule has 4 atom stereocenters. The predicted octanol–water partition coefficient (Wildman–Crippen LogP) is 2.36. The summed E-state index contributed by atoms with van der Waals surface area (Å²) in [6, 6.07) is 7.82. The number of carbonyl (C=O) groups is 2. The molecule has 0 aliphatic heterocycles. The average molecular weight is 329 g/mol. The van der Waals surface area contributed by atoms with Crippen molar-refractivity contribution < 1.29 is 19.4 Å². The number of carboxylic acid groups (broad SMARTS) is 1. The fourth-order valence-electron chi connectivity index (χ4n) is 3.90. The Kier molecular flexibility index (Phi) is 5.00. The van der Waals surface area contributed by atoms with Crippen LogP contribution in [0.1, 0.15) is 24.5 Å². The molecule has 0 unspecified atom stereocenters. The summed E-state index contributed by atoms with van der Waals surface area (Å²) in [6.07, 6.45) is 4.72. The summed E-state index contributed by atoms with van der Waals surface area (Å²) < 4.78 is 5.46. The number of benzene rings is 1. The highest BCUT2D eigenvalue weighted by molar-refractivity contribution is 5.86. The number of hydrogen-bond donors (Lipinski definition) is 2. The van der Waals surface area contributed by atoms with Crippen molar-refractivity contribution in [3.63, 3.8) is 0 Å². The maximum absolute atomic E-state index is 12.6. The van der Waals surface area contributed by atoms with Gasteiger partial charge in [0.05, 0.1) is 18.4 Å². The maximum Gasteiger partial charge on any atom is 0.307 e. The standard InChI is InChI=1S/C19H23NO4/c1-2-24-11-15-6-4-3-5-14(15)10-20-18(21)16-12-7-8-13(9-12)17(16)19(22)23/h3-8,12-13,16-17H,2,9-11H2,1H3,(H,20,21)(H,22,23)/t12-,13-,16+,17+/m0/s1. The molecule has 1 amide bonds. The van der Waals surface area contributed by atoms with Crippen molar-refractivity contribution in [2.45, 2.75) is 26.5 Å². The van der Waals surface area contributed by atoms with E-state index in [9.17, 15) is 14.7 Å². The fourth-order valence-corrected chi connectivity index (χ4v) is 3.90. The maximum atomic E-state index is 12.6. The number of rotatable bonds is 7. The minimum absolute atomic E-state index is 0.00603. The van der Waals surface area contributed by atoms with Crippen LogP contribution in [0.5, 0.6) is 0 Å². The van der Waals surface area contributed by atoms with Crippen molar-refractivity contribution in [3.05, 3.63) is 47.5 Å². The molecule has 0 spiro atoms. The lowest BCUT2D eigenvalue weighted by molar-refractivity contribution is -0.147. The van der Waals surface area contributed by atoms with Gasteiger partial charge in [-0.2, -0.15) is 0 Å². The SMILES string of the molecule is CCOCc1ccccc1CNC(=O)[C@H]1[C@H](C(=O)O)[C@H]2C=C[C@H]1C2. The van der Waals surface area contributed by atoms with E-state index in [2.05, 4.69) is 5.32 Å². The topological polar surface area (TPSA) is 75.6 Å². The first kappa shape index (κ1) is 16.7. The molecule has 24 heavy (non-hydrogen) atoms. The first-order valence-electron chi connectivity index (χ1n) is 8.45. The Morgan fingerprint density at radius 3 is 2.50 bits per heavy atom. The molecule has 5 heteroatoms. The van der Waals surface area contributed by atoms with Gasteiger partial charge in [-0.1, -0.05) is 36.4 Å². The molecule has 2 aliphatic rings. The van der Waals surface area contributed by atoms with Gasteiger partial charge in [-0.05, 0) is 36.3 Å². The second kappa shape index (κ2) is 7.18. The number of carbonyl (C=O) groups excluding carboxylic acids is 1. The molecule has 3 rings (SSSR count). The molecule has 128 valence electrons. The number of allylic oxidation sites excluding steroid dienone is 2. The molecule has 0 saturated heterocycles. The van der Waals surface area contributed by atoms with E-state index in [0.29, 0.717) is 19.8 Å². The Bertz CT molecular complexity index is 655. The molecule has 1 aromatic carbocycles. The molecule has 0 heterocycles. The van der Waals surface area contributed by atoms with E-state index in [0.717, 1.165) is 17.5 Å². The van der Waals surface area contributed by atoms with Crippen molar-refractivity contribution in [1.82, 2.24) is 5.32 Å². The predicted molar refractivity (Wildman–Crippen MR) is 89.0 cm³/mol. The van der Waals surface area contributed by atoms with Crippen LogP contribution in [-0.2, 0) is 27.5 Å². The Morgan fingerprint density at radius 2 is 1.83 bits per heavy atom. The number of ether oxygens (including phenoxy) is 1. The molecular weight excluding hydrogens is 306 g/mol. The Hall–Kier alpha value is -2.14. The van der Waals surface area contributed by atoms with Gasteiger partial charge in [0.2, 0.25) is 5.91 Å².